The fraction of sp³-hybridized carbons (Fsp3) is 0.387. The number of amides is 2. The van der Waals surface area contributed by atoms with Gasteiger partial charge in [0.05, 0.1) is 11.0 Å². The molecular weight excluding hydrogens is 542 g/mol. The molecule has 2 aromatic heterocycles. The Hall–Kier alpha value is -3.66. The summed E-state index contributed by atoms with van der Waals surface area (Å²) in [5, 5.41) is 3.37. The third-order valence-corrected chi connectivity index (χ3v) is 7.69. The number of nitrogens with two attached hydrogens (primary N) is 1. The van der Waals surface area contributed by atoms with Crippen molar-refractivity contribution in [1.29, 1.82) is 0 Å². The normalized spacial score (nSPS) is 16.2. The van der Waals surface area contributed by atoms with Crippen LogP contribution >= 0.6 is 11.6 Å². The molecule has 0 bridgehead atoms. The van der Waals surface area contributed by atoms with Crippen LogP contribution in [0.25, 0.3) is 22.4 Å². The molecule has 1 saturated heterocycles. The molecule has 1 aliphatic rings. The van der Waals surface area contributed by atoms with E-state index in [-0.39, 0.29) is 36.5 Å². The maximum atomic E-state index is 13.2. The first-order valence-corrected chi connectivity index (χ1v) is 14.4. The summed E-state index contributed by atoms with van der Waals surface area (Å²) in [5.74, 6) is 1.49. The van der Waals surface area contributed by atoms with Crippen molar-refractivity contribution in [3.63, 3.8) is 0 Å². The van der Waals surface area contributed by atoms with E-state index in [4.69, 9.17) is 31.5 Å². The molecule has 216 valence electrons. The number of hydrogen-bond donors (Lipinski definition) is 2. The number of aryl methyl sites for hydroxylation is 1. The average Bonchev–Trinajstić information content (AvgIpc) is 3.62. The minimum absolute atomic E-state index is 0.0141. The summed E-state index contributed by atoms with van der Waals surface area (Å²) >= 11 is 6.06. The smallest absolute Gasteiger partial charge is 0.287 e. The van der Waals surface area contributed by atoms with Gasteiger partial charge in [-0.25, -0.2) is 4.98 Å². The molecule has 1 aliphatic heterocycles. The van der Waals surface area contributed by atoms with Crippen molar-refractivity contribution in [3.8, 4) is 11.3 Å². The molecule has 0 unspecified atom stereocenters. The molecule has 0 radical (unpaired) electrons. The molecule has 3 N–H and O–H groups in total. The number of rotatable bonds is 11. The fourth-order valence-electron chi connectivity index (χ4n) is 5.42. The first kappa shape index (κ1) is 28.9. The molecule has 5 rings (SSSR count). The van der Waals surface area contributed by atoms with Gasteiger partial charge in [-0.15, -0.1) is 0 Å². The van der Waals surface area contributed by atoms with E-state index >= 15 is 0 Å². The summed E-state index contributed by atoms with van der Waals surface area (Å²) in [6.07, 6.45) is 2.90. The Bertz CT molecular complexity index is 1500. The van der Waals surface area contributed by atoms with Crippen molar-refractivity contribution in [3.05, 3.63) is 77.3 Å². The van der Waals surface area contributed by atoms with Crippen LogP contribution in [0.2, 0.25) is 5.02 Å². The second-order valence-corrected chi connectivity index (χ2v) is 10.9. The van der Waals surface area contributed by atoms with Crippen LogP contribution in [0.5, 0.6) is 0 Å². The van der Waals surface area contributed by atoms with Crippen LogP contribution in [-0.2, 0) is 16.1 Å². The van der Waals surface area contributed by atoms with Crippen molar-refractivity contribution in [1.82, 2.24) is 19.8 Å². The first-order chi connectivity index (χ1) is 19.9. The monoisotopic (exact) mass is 577 g/mol. The number of ether oxygens (including phenoxy) is 1. The number of likely N-dealkylation sites (tertiary alicyclic amines) is 1. The van der Waals surface area contributed by atoms with E-state index in [1.165, 1.54) is 0 Å². The van der Waals surface area contributed by atoms with Crippen molar-refractivity contribution in [2.24, 2.45) is 5.73 Å². The molecule has 3 heterocycles. The lowest BCUT2D eigenvalue weighted by molar-refractivity contribution is -0.132. The van der Waals surface area contributed by atoms with Gasteiger partial charge in [-0.2, -0.15) is 0 Å². The number of carbonyl (C=O) groups excluding carboxylic acids is 2. The van der Waals surface area contributed by atoms with Gasteiger partial charge in [0.25, 0.3) is 5.91 Å². The molecular formula is C31H36ClN5O4. The highest BCUT2D eigenvalue weighted by Gasteiger charge is 2.29. The van der Waals surface area contributed by atoms with E-state index in [1.807, 2.05) is 35.2 Å². The van der Waals surface area contributed by atoms with Gasteiger partial charge >= 0.3 is 0 Å². The van der Waals surface area contributed by atoms with Crippen molar-refractivity contribution in [2.45, 2.75) is 44.2 Å². The second-order valence-electron chi connectivity index (χ2n) is 10.5. The predicted molar refractivity (Wildman–Crippen MR) is 159 cm³/mol. The van der Waals surface area contributed by atoms with E-state index in [1.54, 1.807) is 31.4 Å². The average molecular weight is 578 g/mol. The van der Waals surface area contributed by atoms with Gasteiger partial charge in [0.1, 0.15) is 11.6 Å². The number of furan rings is 1. The number of carbonyl (C=O) groups is 2. The zero-order valence-electron chi connectivity index (χ0n) is 23.2. The number of para-hydroxylation sites is 2. The number of halogens is 1. The van der Waals surface area contributed by atoms with Crippen LogP contribution in [0.4, 0.5) is 0 Å². The number of nitrogens with one attached hydrogen (secondary N) is 1. The molecule has 2 amide bonds. The summed E-state index contributed by atoms with van der Waals surface area (Å²) in [7, 11) is 1.71. The highest BCUT2D eigenvalue weighted by Crippen LogP contribution is 2.30. The van der Waals surface area contributed by atoms with Crippen LogP contribution in [0.3, 0.4) is 0 Å². The largest absolute Gasteiger partial charge is 0.451 e. The Balaban J connectivity index is 1.16. The molecule has 0 saturated carbocycles. The van der Waals surface area contributed by atoms with Crippen molar-refractivity contribution < 1.29 is 18.7 Å². The number of methoxy groups -OCH3 is 1. The zero-order valence-corrected chi connectivity index (χ0v) is 24.0. The number of aromatic nitrogens is 2. The van der Waals surface area contributed by atoms with E-state index in [0.29, 0.717) is 30.5 Å². The number of benzene rings is 2. The number of fused-ring (bicyclic) bond motifs is 1. The molecule has 0 aliphatic carbocycles. The first-order valence-electron chi connectivity index (χ1n) is 14.0. The number of hydrogen-bond acceptors (Lipinski definition) is 6. The lowest BCUT2D eigenvalue weighted by Gasteiger charge is -2.33. The van der Waals surface area contributed by atoms with Crippen molar-refractivity contribution in [2.75, 3.05) is 33.4 Å². The fourth-order valence-corrected chi connectivity index (χ4v) is 5.61. The minimum atomic E-state index is -0.521. The molecule has 41 heavy (non-hydrogen) atoms. The number of nitrogens with zero attached hydrogens (tertiary/aromatic N) is 3. The highest BCUT2D eigenvalue weighted by molar-refractivity contribution is 6.30. The van der Waals surface area contributed by atoms with Crippen LogP contribution in [-0.4, -0.2) is 65.7 Å². The van der Waals surface area contributed by atoms with Crippen LogP contribution in [0.15, 0.2) is 65.1 Å². The lowest BCUT2D eigenvalue weighted by atomic mass is 9.96. The molecule has 9 nitrogen and oxygen atoms in total. The molecule has 4 aromatic rings. The molecule has 2 atom stereocenters. The second kappa shape index (κ2) is 13.3. The number of imidazole rings is 1. The quantitative estimate of drug-likeness (QED) is 0.246. The zero-order chi connectivity index (χ0) is 28.8. The Morgan fingerprint density at radius 3 is 2.88 bits per heavy atom. The van der Waals surface area contributed by atoms with Crippen LogP contribution < -0.4 is 11.1 Å². The van der Waals surface area contributed by atoms with Gasteiger partial charge in [0.2, 0.25) is 5.91 Å². The van der Waals surface area contributed by atoms with E-state index < -0.39 is 6.04 Å². The standard InChI is InChI=1S/C31H36ClN5O4/c1-40-16-6-15-37-26-11-3-2-10-25(26)35-30(37)22-8-5-14-36(20-22)29(38)18-24(33)19-34-31(39)28-13-12-27(41-28)21-7-4-9-23(32)17-21/h2-4,7,9-13,17,22,24H,5-6,8,14-16,18-20,33H2,1H3,(H,34,39)/t22-,24-/m1/s1. The third kappa shape index (κ3) is 6.98. The lowest BCUT2D eigenvalue weighted by Crippen LogP contribution is -2.45. The van der Waals surface area contributed by atoms with Gasteiger partial charge in [0, 0.05) is 68.9 Å². The van der Waals surface area contributed by atoms with Crippen molar-refractivity contribution >= 4 is 34.4 Å². The van der Waals surface area contributed by atoms with Crippen LogP contribution in [0, 0.1) is 0 Å². The van der Waals surface area contributed by atoms with E-state index in [2.05, 4.69) is 16.0 Å². The summed E-state index contributed by atoms with van der Waals surface area (Å²) in [5.41, 5.74) is 9.13. The van der Waals surface area contributed by atoms with Crippen LogP contribution in [0.1, 0.15) is 48.0 Å². The molecule has 2 aromatic carbocycles. The van der Waals surface area contributed by atoms with Gasteiger partial charge in [-0.1, -0.05) is 35.9 Å². The Kier molecular flexibility index (Phi) is 9.38. The Morgan fingerprint density at radius 1 is 1.20 bits per heavy atom. The topological polar surface area (TPSA) is 116 Å². The summed E-state index contributed by atoms with van der Waals surface area (Å²) in [6.45, 7) is 2.94. The maximum absolute atomic E-state index is 13.2. The molecule has 10 heteroatoms. The van der Waals surface area contributed by atoms with Gasteiger partial charge in [-0.3, -0.25) is 9.59 Å². The number of piperidine rings is 1. The predicted octanol–water partition coefficient (Wildman–Crippen LogP) is 4.84. The Morgan fingerprint density at radius 2 is 2.05 bits per heavy atom. The van der Waals surface area contributed by atoms with Gasteiger partial charge < -0.3 is 29.7 Å². The minimum Gasteiger partial charge on any atom is -0.451 e. The summed E-state index contributed by atoms with van der Waals surface area (Å²) < 4.78 is 13.3. The van der Waals surface area contributed by atoms with Gasteiger partial charge in [0.15, 0.2) is 5.76 Å². The highest BCUT2D eigenvalue weighted by atomic mass is 35.5. The molecule has 0 spiro atoms. The SMILES string of the molecule is COCCCn1c([C@@H]2CCCN(C(=O)C[C@@H](N)CNC(=O)c3ccc(-c4cccc(Cl)c4)o3)C2)nc2ccccc21. The summed E-state index contributed by atoms with van der Waals surface area (Å²) in [4.78, 5) is 32.7. The summed E-state index contributed by atoms with van der Waals surface area (Å²) in [6, 6.07) is 18.2. The van der Waals surface area contributed by atoms with E-state index in [0.717, 1.165) is 48.2 Å². The molecule has 1 fully saturated rings. The third-order valence-electron chi connectivity index (χ3n) is 7.45. The van der Waals surface area contributed by atoms with Gasteiger partial charge in [-0.05, 0) is 55.7 Å². The maximum Gasteiger partial charge on any atom is 0.287 e. The Labute approximate surface area is 244 Å². The van der Waals surface area contributed by atoms with E-state index in [9.17, 15) is 9.59 Å².